The summed E-state index contributed by atoms with van der Waals surface area (Å²) in [6.07, 6.45) is 8.78. The summed E-state index contributed by atoms with van der Waals surface area (Å²) < 4.78 is 5.60. The first-order chi connectivity index (χ1) is 7.25. The van der Waals surface area contributed by atoms with Gasteiger partial charge >= 0.3 is 0 Å². The molecule has 1 aliphatic carbocycles. The van der Waals surface area contributed by atoms with Crippen molar-refractivity contribution >= 4 is 0 Å². The van der Waals surface area contributed by atoms with Gasteiger partial charge in [0.15, 0.2) is 0 Å². The van der Waals surface area contributed by atoms with Gasteiger partial charge in [0.05, 0.1) is 0 Å². The zero-order valence-electron chi connectivity index (χ0n) is 9.10. The fourth-order valence-electron chi connectivity index (χ4n) is 1.43. The minimum Gasteiger partial charge on any atom is -0.443 e. The SMILES string of the molecule is CC(C)c1ccc(OC2=CC=CC2)nc1. The minimum absolute atomic E-state index is 0.513. The van der Waals surface area contributed by atoms with Crippen molar-refractivity contribution in [1.29, 1.82) is 0 Å². The number of hydrogen-bond acceptors (Lipinski definition) is 2. The molecule has 15 heavy (non-hydrogen) atoms. The van der Waals surface area contributed by atoms with Gasteiger partial charge in [-0.3, -0.25) is 0 Å². The lowest BCUT2D eigenvalue weighted by atomic mass is 10.1. The van der Waals surface area contributed by atoms with Crippen LogP contribution in [0.15, 0.2) is 42.3 Å². The predicted molar refractivity (Wildman–Crippen MR) is 60.8 cm³/mol. The highest BCUT2D eigenvalue weighted by molar-refractivity contribution is 5.25. The maximum Gasteiger partial charge on any atom is 0.218 e. The van der Waals surface area contributed by atoms with Gasteiger partial charge in [0.2, 0.25) is 5.88 Å². The first kappa shape index (κ1) is 9.97. The topological polar surface area (TPSA) is 22.1 Å². The van der Waals surface area contributed by atoms with Crippen LogP contribution in [0, 0.1) is 0 Å². The number of allylic oxidation sites excluding steroid dienone is 3. The van der Waals surface area contributed by atoms with Crippen molar-refractivity contribution in [1.82, 2.24) is 4.98 Å². The van der Waals surface area contributed by atoms with Gasteiger partial charge in [-0.25, -0.2) is 4.98 Å². The highest BCUT2D eigenvalue weighted by atomic mass is 16.5. The van der Waals surface area contributed by atoms with Crippen molar-refractivity contribution in [3.63, 3.8) is 0 Å². The largest absolute Gasteiger partial charge is 0.443 e. The molecule has 0 spiro atoms. The Labute approximate surface area is 90.3 Å². The molecule has 0 bridgehead atoms. The van der Waals surface area contributed by atoms with Gasteiger partial charge in [-0.2, -0.15) is 0 Å². The molecule has 2 heteroatoms. The van der Waals surface area contributed by atoms with Crippen LogP contribution in [0.3, 0.4) is 0 Å². The molecule has 1 aromatic rings. The summed E-state index contributed by atoms with van der Waals surface area (Å²) in [6.45, 7) is 4.31. The molecule has 0 aromatic carbocycles. The first-order valence-electron chi connectivity index (χ1n) is 5.25. The lowest BCUT2D eigenvalue weighted by molar-refractivity contribution is 0.402. The van der Waals surface area contributed by atoms with E-state index in [1.54, 1.807) is 0 Å². The minimum atomic E-state index is 0.513. The van der Waals surface area contributed by atoms with Crippen LogP contribution in [-0.2, 0) is 0 Å². The second-order valence-corrected chi connectivity index (χ2v) is 3.95. The van der Waals surface area contributed by atoms with Crippen LogP contribution in [0.4, 0.5) is 0 Å². The third-order valence-electron chi connectivity index (χ3n) is 2.40. The van der Waals surface area contributed by atoms with E-state index in [0.717, 1.165) is 12.2 Å². The molecular weight excluding hydrogens is 186 g/mol. The smallest absolute Gasteiger partial charge is 0.218 e. The number of pyridine rings is 1. The van der Waals surface area contributed by atoms with E-state index in [-0.39, 0.29) is 0 Å². The maximum absolute atomic E-state index is 5.60. The summed E-state index contributed by atoms with van der Waals surface area (Å²) >= 11 is 0. The van der Waals surface area contributed by atoms with Crippen molar-refractivity contribution in [2.24, 2.45) is 0 Å². The maximum atomic E-state index is 5.60. The third-order valence-corrected chi connectivity index (χ3v) is 2.40. The second kappa shape index (κ2) is 4.30. The monoisotopic (exact) mass is 201 g/mol. The molecule has 0 N–H and O–H groups in total. The van der Waals surface area contributed by atoms with Crippen LogP contribution >= 0.6 is 0 Å². The number of rotatable bonds is 3. The van der Waals surface area contributed by atoms with E-state index in [9.17, 15) is 0 Å². The zero-order chi connectivity index (χ0) is 10.7. The van der Waals surface area contributed by atoms with Gasteiger partial charge in [-0.15, -0.1) is 0 Å². The average Bonchev–Trinajstić information content (AvgIpc) is 2.71. The molecule has 2 rings (SSSR count). The Morgan fingerprint density at radius 2 is 2.20 bits per heavy atom. The van der Waals surface area contributed by atoms with E-state index in [1.807, 2.05) is 24.4 Å². The van der Waals surface area contributed by atoms with Crippen LogP contribution in [0.5, 0.6) is 5.88 Å². The number of nitrogens with zero attached hydrogens (tertiary/aromatic N) is 1. The molecule has 78 valence electrons. The predicted octanol–water partition coefficient (Wildman–Crippen LogP) is 3.43. The Morgan fingerprint density at radius 3 is 2.73 bits per heavy atom. The quantitative estimate of drug-likeness (QED) is 0.747. The van der Waals surface area contributed by atoms with Crippen LogP contribution in [0.25, 0.3) is 0 Å². The van der Waals surface area contributed by atoms with Crippen molar-refractivity contribution in [2.45, 2.75) is 26.2 Å². The highest BCUT2D eigenvalue weighted by Crippen LogP contribution is 2.19. The third kappa shape index (κ3) is 2.46. The highest BCUT2D eigenvalue weighted by Gasteiger charge is 2.04. The van der Waals surface area contributed by atoms with Crippen LogP contribution < -0.4 is 4.74 Å². The molecule has 2 nitrogen and oxygen atoms in total. The van der Waals surface area contributed by atoms with E-state index in [0.29, 0.717) is 11.8 Å². The van der Waals surface area contributed by atoms with Gasteiger partial charge in [0.25, 0.3) is 0 Å². The van der Waals surface area contributed by atoms with Gasteiger partial charge in [0, 0.05) is 18.7 Å². The Kier molecular flexibility index (Phi) is 2.86. The molecule has 0 atom stereocenters. The molecule has 0 saturated carbocycles. The van der Waals surface area contributed by atoms with Crippen molar-refractivity contribution < 1.29 is 4.74 Å². The first-order valence-corrected chi connectivity index (χ1v) is 5.25. The van der Waals surface area contributed by atoms with Gasteiger partial charge in [-0.1, -0.05) is 32.1 Å². The van der Waals surface area contributed by atoms with E-state index in [2.05, 4.69) is 31.0 Å². The molecule has 0 radical (unpaired) electrons. The van der Waals surface area contributed by atoms with E-state index in [4.69, 9.17) is 4.74 Å². The van der Waals surface area contributed by atoms with Gasteiger partial charge in [-0.05, 0) is 17.6 Å². The average molecular weight is 201 g/mol. The number of ether oxygens (including phenoxy) is 1. The van der Waals surface area contributed by atoms with Gasteiger partial charge < -0.3 is 4.74 Å². The van der Waals surface area contributed by atoms with E-state index in [1.165, 1.54) is 5.56 Å². The van der Waals surface area contributed by atoms with Crippen LogP contribution in [0.2, 0.25) is 0 Å². The summed E-state index contributed by atoms with van der Waals surface area (Å²) in [6, 6.07) is 3.99. The molecule has 0 fully saturated rings. The molecule has 0 amide bonds. The van der Waals surface area contributed by atoms with E-state index < -0.39 is 0 Å². The van der Waals surface area contributed by atoms with Crippen LogP contribution in [-0.4, -0.2) is 4.98 Å². The molecule has 1 aromatic heterocycles. The second-order valence-electron chi connectivity index (χ2n) is 3.95. The standard InChI is InChI=1S/C13H15NO/c1-10(2)11-7-8-13(14-9-11)15-12-5-3-4-6-12/h3-5,7-10H,6H2,1-2H3. The molecule has 0 unspecified atom stereocenters. The summed E-state index contributed by atoms with van der Waals surface area (Å²) in [7, 11) is 0. The Hall–Kier alpha value is -1.57. The fraction of sp³-hybridized carbons (Fsp3) is 0.308. The van der Waals surface area contributed by atoms with Crippen LogP contribution in [0.1, 0.15) is 31.7 Å². The number of hydrogen-bond donors (Lipinski definition) is 0. The Bertz CT molecular complexity index is 388. The van der Waals surface area contributed by atoms with Crippen molar-refractivity contribution in [3.8, 4) is 5.88 Å². The molecular formula is C13H15NO. The summed E-state index contributed by atoms with van der Waals surface area (Å²) in [5.41, 5.74) is 1.24. The summed E-state index contributed by atoms with van der Waals surface area (Å²) in [4.78, 5) is 4.27. The lowest BCUT2D eigenvalue weighted by Crippen LogP contribution is -1.95. The summed E-state index contributed by atoms with van der Waals surface area (Å²) in [5.74, 6) is 2.15. The Balaban J connectivity index is 2.04. The number of aromatic nitrogens is 1. The summed E-state index contributed by atoms with van der Waals surface area (Å²) in [5, 5.41) is 0. The zero-order valence-corrected chi connectivity index (χ0v) is 9.10. The molecule has 1 heterocycles. The van der Waals surface area contributed by atoms with Gasteiger partial charge in [0.1, 0.15) is 5.76 Å². The molecule has 0 aliphatic heterocycles. The van der Waals surface area contributed by atoms with E-state index >= 15 is 0 Å². The normalized spacial score (nSPS) is 14.5. The lowest BCUT2D eigenvalue weighted by Gasteiger charge is -2.07. The molecule has 1 aliphatic rings. The molecule has 0 saturated heterocycles. The Morgan fingerprint density at radius 1 is 1.33 bits per heavy atom. The fourth-order valence-corrected chi connectivity index (χ4v) is 1.43. The van der Waals surface area contributed by atoms with Crippen molar-refractivity contribution in [3.05, 3.63) is 47.9 Å². The van der Waals surface area contributed by atoms with Crippen molar-refractivity contribution in [2.75, 3.05) is 0 Å².